The molecule has 2 aromatic rings. The summed E-state index contributed by atoms with van der Waals surface area (Å²) in [5, 5.41) is 3.00. The number of amides is 2. The zero-order valence-electron chi connectivity index (χ0n) is 16.8. The summed E-state index contributed by atoms with van der Waals surface area (Å²) in [6.45, 7) is 3.53. The average Bonchev–Trinajstić information content (AvgIpc) is 3.54. The summed E-state index contributed by atoms with van der Waals surface area (Å²) in [6, 6.07) is 9.73. The third-order valence-corrected chi connectivity index (χ3v) is 6.37. The van der Waals surface area contributed by atoms with E-state index in [0.717, 1.165) is 32.4 Å². The molecule has 3 saturated heterocycles. The van der Waals surface area contributed by atoms with E-state index < -0.39 is 0 Å². The summed E-state index contributed by atoms with van der Waals surface area (Å²) in [4.78, 5) is 34.3. The highest BCUT2D eigenvalue weighted by Gasteiger charge is 2.41. The largest absolute Gasteiger partial charge is 0.445 e. The van der Waals surface area contributed by atoms with Crippen LogP contribution in [0.1, 0.15) is 52.0 Å². The number of aromatic nitrogens is 1. The molecule has 0 aliphatic carbocycles. The highest BCUT2D eigenvalue weighted by atomic mass is 16.5. The molecule has 4 heterocycles. The molecular formula is C22H26N4O4. The molecule has 1 aromatic heterocycles. The van der Waals surface area contributed by atoms with E-state index in [0.29, 0.717) is 36.7 Å². The number of carbonyl (C=O) groups is 2. The number of nitrogens with one attached hydrogen (secondary N) is 1. The number of hydrogen-bond acceptors (Lipinski definition) is 6. The standard InChI is InChI=1S/C22H26N4O4/c27-21(19-20(30-14-24-19)18-7-4-10-29-18)23-11-17-13-26(16-8-9-25(17)12-16)22(28)15-5-2-1-3-6-15/h1-3,5-6,14,16-18H,4,7-13H2,(H,23,27)/t16-,17+,18+/m0/s1. The van der Waals surface area contributed by atoms with E-state index in [1.54, 1.807) is 0 Å². The molecule has 5 rings (SSSR count). The van der Waals surface area contributed by atoms with Crippen LogP contribution in [-0.2, 0) is 4.74 Å². The molecule has 3 aliphatic rings. The molecule has 2 amide bonds. The fourth-order valence-corrected chi connectivity index (χ4v) is 4.77. The predicted molar refractivity (Wildman–Crippen MR) is 108 cm³/mol. The summed E-state index contributed by atoms with van der Waals surface area (Å²) in [5.74, 6) is 0.322. The van der Waals surface area contributed by atoms with Crippen LogP contribution in [0, 0.1) is 0 Å². The van der Waals surface area contributed by atoms with Crippen LogP contribution in [0.2, 0.25) is 0 Å². The van der Waals surface area contributed by atoms with Crippen molar-refractivity contribution < 1.29 is 18.7 Å². The zero-order valence-corrected chi connectivity index (χ0v) is 16.8. The monoisotopic (exact) mass is 410 g/mol. The van der Waals surface area contributed by atoms with Gasteiger partial charge in [-0.05, 0) is 31.4 Å². The second-order valence-corrected chi connectivity index (χ2v) is 8.19. The highest BCUT2D eigenvalue weighted by Crippen LogP contribution is 2.30. The number of ether oxygens (including phenoxy) is 1. The Kier molecular flexibility index (Phi) is 5.26. The molecule has 1 aromatic carbocycles. The van der Waals surface area contributed by atoms with Crippen molar-refractivity contribution in [3.63, 3.8) is 0 Å². The van der Waals surface area contributed by atoms with Crippen molar-refractivity contribution in [3.05, 3.63) is 53.7 Å². The van der Waals surface area contributed by atoms with Gasteiger partial charge in [0.2, 0.25) is 0 Å². The maximum atomic E-state index is 13.0. The number of fused-ring (bicyclic) bond motifs is 2. The average molecular weight is 410 g/mol. The minimum atomic E-state index is -0.253. The van der Waals surface area contributed by atoms with Crippen LogP contribution in [0.15, 0.2) is 41.1 Å². The first-order valence-electron chi connectivity index (χ1n) is 10.6. The molecule has 158 valence electrons. The van der Waals surface area contributed by atoms with E-state index in [-0.39, 0.29) is 30.0 Å². The summed E-state index contributed by atoms with van der Waals surface area (Å²) in [6.07, 6.45) is 3.87. The van der Waals surface area contributed by atoms with Crippen LogP contribution < -0.4 is 5.32 Å². The van der Waals surface area contributed by atoms with E-state index in [9.17, 15) is 9.59 Å². The van der Waals surface area contributed by atoms with Crippen LogP contribution in [0.4, 0.5) is 0 Å². The first-order chi connectivity index (χ1) is 14.7. The predicted octanol–water partition coefficient (Wildman–Crippen LogP) is 1.85. The summed E-state index contributed by atoms with van der Waals surface area (Å²) < 4.78 is 11.1. The molecule has 8 nitrogen and oxygen atoms in total. The molecule has 3 fully saturated rings. The van der Waals surface area contributed by atoms with Crippen LogP contribution in [0.25, 0.3) is 0 Å². The van der Waals surface area contributed by atoms with Gasteiger partial charge in [-0.2, -0.15) is 0 Å². The smallest absolute Gasteiger partial charge is 0.273 e. The van der Waals surface area contributed by atoms with Crippen LogP contribution in [0.3, 0.4) is 0 Å². The van der Waals surface area contributed by atoms with E-state index in [2.05, 4.69) is 15.2 Å². The van der Waals surface area contributed by atoms with Gasteiger partial charge in [-0.15, -0.1) is 0 Å². The van der Waals surface area contributed by atoms with Crippen molar-refractivity contribution in [1.82, 2.24) is 20.1 Å². The first kappa shape index (κ1) is 19.3. The van der Waals surface area contributed by atoms with Gasteiger partial charge in [0.15, 0.2) is 17.8 Å². The van der Waals surface area contributed by atoms with Gasteiger partial charge in [-0.3, -0.25) is 14.5 Å². The number of hydrogen-bond donors (Lipinski definition) is 1. The molecule has 4 atom stereocenters. The summed E-state index contributed by atoms with van der Waals surface area (Å²) in [5.41, 5.74) is 1.01. The van der Waals surface area contributed by atoms with Gasteiger partial charge < -0.3 is 19.4 Å². The summed E-state index contributed by atoms with van der Waals surface area (Å²) >= 11 is 0. The minimum Gasteiger partial charge on any atom is -0.445 e. The Morgan fingerprint density at radius 1 is 1.17 bits per heavy atom. The lowest BCUT2D eigenvalue weighted by molar-refractivity contribution is 0.0492. The molecule has 2 bridgehead atoms. The zero-order chi connectivity index (χ0) is 20.5. The number of carbonyl (C=O) groups excluding carboxylic acids is 2. The first-order valence-corrected chi connectivity index (χ1v) is 10.6. The molecule has 1 N–H and O–H groups in total. The van der Waals surface area contributed by atoms with Gasteiger partial charge in [-0.25, -0.2) is 4.98 Å². The normalized spacial score (nSPS) is 27.9. The van der Waals surface area contributed by atoms with Crippen molar-refractivity contribution in [2.75, 3.05) is 32.8 Å². The van der Waals surface area contributed by atoms with Crippen molar-refractivity contribution in [1.29, 1.82) is 0 Å². The molecular weight excluding hydrogens is 384 g/mol. The van der Waals surface area contributed by atoms with Gasteiger partial charge in [0.05, 0.1) is 0 Å². The Bertz CT molecular complexity index is 909. The number of benzene rings is 1. The Morgan fingerprint density at radius 2 is 2.03 bits per heavy atom. The quantitative estimate of drug-likeness (QED) is 0.810. The molecule has 0 saturated carbocycles. The lowest BCUT2D eigenvalue weighted by Crippen LogP contribution is -2.57. The van der Waals surface area contributed by atoms with Gasteiger partial charge in [0.25, 0.3) is 11.8 Å². The van der Waals surface area contributed by atoms with Gasteiger partial charge in [-0.1, -0.05) is 18.2 Å². The molecule has 3 aliphatic heterocycles. The van der Waals surface area contributed by atoms with Gasteiger partial charge >= 0.3 is 0 Å². The number of oxazole rings is 1. The summed E-state index contributed by atoms with van der Waals surface area (Å²) in [7, 11) is 0. The fraction of sp³-hybridized carbons (Fsp3) is 0.500. The maximum absolute atomic E-state index is 13.0. The lowest BCUT2D eigenvalue weighted by Gasteiger charge is -2.40. The van der Waals surface area contributed by atoms with E-state index in [4.69, 9.17) is 9.15 Å². The third kappa shape index (κ3) is 3.61. The Balaban J connectivity index is 1.25. The van der Waals surface area contributed by atoms with E-state index in [1.165, 1.54) is 6.39 Å². The van der Waals surface area contributed by atoms with E-state index >= 15 is 0 Å². The number of rotatable bonds is 5. The maximum Gasteiger partial charge on any atom is 0.273 e. The van der Waals surface area contributed by atoms with Gasteiger partial charge in [0, 0.05) is 50.4 Å². The molecule has 1 unspecified atom stereocenters. The molecule has 8 heteroatoms. The van der Waals surface area contributed by atoms with Crippen LogP contribution >= 0.6 is 0 Å². The van der Waals surface area contributed by atoms with Crippen molar-refractivity contribution >= 4 is 11.8 Å². The number of nitrogens with zero attached hydrogens (tertiary/aromatic N) is 3. The molecule has 0 radical (unpaired) electrons. The Hall–Kier alpha value is -2.71. The third-order valence-electron chi connectivity index (χ3n) is 6.37. The SMILES string of the molecule is O=C(NC[C@@H]1CN(C(=O)c2ccccc2)[C@H]2CCN1C2)c1ncoc1[C@H]1CCCO1. The van der Waals surface area contributed by atoms with Crippen LogP contribution in [0.5, 0.6) is 0 Å². The van der Waals surface area contributed by atoms with Crippen molar-refractivity contribution in [2.24, 2.45) is 0 Å². The van der Waals surface area contributed by atoms with Crippen LogP contribution in [-0.4, -0.2) is 71.5 Å². The molecule has 30 heavy (non-hydrogen) atoms. The second kappa shape index (κ2) is 8.20. The molecule has 0 spiro atoms. The Morgan fingerprint density at radius 3 is 2.83 bits per heavy atom. The van der Waals surface area contributed by atoms with Crippen molar-refractivity contribution in [2.45, 2.75) is 37.5 Å². The lowest BCUT2D eigenvalue weighted by atomic mass is 10.1. The minimum absolute atomic E-state index is 0.0654. The topological polar surface area (TPSA) is 87.9 Å². The van der Waals surface area contributed by atoms with Crippen molar-refractivity contribution in [3.8, 4) is 0 Å². The highest BCUT2D eigenvalue weighted by molar-refractivity contribution is 5.95. The number of piperazine rings is 1. The fourth-order valence-electron chi connectivity index (χ4n) is 4.77. The second-order valence-electron chi connectivity index (χ2n) is 8.19. The van der Waals surface area contributed by atoms with Gasteiger partial charge in [0.1, 0.15) is 6.10 Å². The Labute approximate surface area is 175 Å². The van der Waals surface area contributed by atoms with E-state index in [1.807, 2.05) is 35.2 Å².